The largest absolute Gasteiger partial charge is 0.354 e. The molecular weight excluding hydrogens is 306 g/mol. The Morgan fingerprint density at radius 1 is 1.25 bits per heavy atom. The third-order valence-corrected chi connectivity index (χ3v) is 4.13. The zero-order chi connectivity index (χ0) is 16.9. The molecule has 1 aliphatic heterocycles. The Kier molecular flexibility index (Phi) is 5.08. The molecule has 0 atom stereocenters. The fraction of sp³-hybridized carbons (Fsp3) is 0.333. The molecule has 2 heterocycles. The lowest BCUT2D eigenvalue weighted by Gasteiger charge is -2.21. The highest BCUT2D eigenvalue weighted by Gasteiger charge is 2.25. The predicted molar refractivity (Wildman–Crippen MR) is 91.5 cm³/mol. The molecule has 0 radical (unpaired) electrons. The minimum absolute atomic E-state index is 0.193. The number of carbonyl (C=O) groups is 1. The van der Waals surface area contributed by atoms with Crippen molar-refractivity contribution in [2.24, 2.45) is 0 Å². The predicted octanol–water partition coefficient (Wildman–Crippen LogP) is 2.12. The fourth-order valence-electron chi connectivity index (χ4n) is 2.88. The number of ether oxygens (including phenoxy) is 2. The maximum Gasteiger partial charge on any atom is 0.255 e. The van der Waals surface area contributed by atoms with Crippen LogP contribution in [0.2, 0.25) is 0 Å². The highest BCUT2D eigenvalue weighted by atomic mass is 16.7. The monoisotopic (exact) mass is 327 g/mol. The fourth-order valence-corrected chi connectivity index (χ4v) is 2.88. The minimum Gasteiger partial charge on any atom is -0.354 e. The van der Waals surface area contributed by atoms with E-state index in [1.54, 1.807) is 18.3 Å². The van der Waals surface area contributed by atoms with Crippen LogP contribution in [0, 0.1) is 0 Å². The highest BCUT2D eigenvalue weighted by Crippen LogP contribution is 2.34. The number of rotatable bonds is 6. The Morgan fingerprint density at radius 2 is 2.04 bits per heavy atom. The summed E-state index contributed by atoms with van der Waals surface area (Å²) in [6.45, 7) is 1.09. The van der Waals surface area contributed by atoms with E-state index < -0.39 is 6.29 Å². The third kappa shape index (κ3) is 3.25. The topological polar surface area (TPSA) is 63.7 Å². The molecule has 1 aromatic heterocycles. The van der Waals surface area contributed by atoms with Crippen LogP contribution in [-0.2, 0) is 15.9 Å². The van der Waals surface area contributed by atoms with Crippen molar-refractivity contribution in [1.82, 2.24) is 10.3 Å². The van der Waals surface area contributed by atoms with Gasteiger partial charge in [0.25, 0.3) is 5.91 Å². The summed E-state index contributed by atoms with van der Waals surface area (Å²) < 4.78 is 10.2. The van der Waals surface area contributed by atoms with Crippen molar-refractivity contribution in [2.75, 3.05) is 32.2 Å². The summed E-state index contributed by atoms with van der Waals surface area (Å²) >= 11 is 0. The molecule has 0 unspecified atom stereocenters. The summed E-state index contributed by atoms with van der Waals surface area (Å²) in [5, 5.41) is 2.83. The molecule has 1 amide bonds. The number of fused-ring (bicyclic) bond motifs is 1. The van der Waals surface area contributed by atoms with Gasteiger partial charge in [-0.05, 0) is 30.2 Å². The minimum atomic E-state index is -0.471. The van der Waals surface area contributed by atoms with E-state index in [0.29, 0.717) is 11.4 Å². The Hall–Kier alpha value is -2.44. The van der Waals surface area contributed by atoms with E-state index in [2.05, 4.69) is 27.3 Å². The lowest BCUT2D eigenvalue weighted by atomic mass is 10.2. The number of anilines is 2. The van der Waals surface area contributed by atoms with Gasteiger partial charge >= 0.3 is 0 Å². The van der Waals surface area contributed by atoms with Crippen molar-refractivity contribution in [3.8, 4) is 0 Å². The van der Waals surface area contributed by atoms with Crippen LogP contribution in [0.3, 0.4) is 0 Å². The van der Waals surface area contributed by atoms with Crippen molar-refractivity contribution in [3.05, 3.63) is 53.7 Å². The van der Waals surface area contributed by atoms with E-state index in [9.17, 15) is 4.79 Å². The van der Waals surface area contributed by atoms with Gasteiger partial charge in [0.05, 0.1) is 12.1 Å². The standard InChI is InChI=1S/C18H21N3O3/c1-23-16(24-2)12-20-18(22)14-7-5-10-19-17(14)21-11-9-13-6-3-4-8-15(13)21/h3-8,10,16H,9,11-12H2,1-2H3,(H,20,22). The SMILES string of the molecule is COC(CNC(=O)c1cccnc1N1CCc2ccccc21)OC. The van der Waals surface area contributed by atoms with Gasteiger partial charge in [0.2, 0.25) is 0 Å². The average molecular weight is 327 g/mol. The smallest absolute Gasteiger partial charge is 0.255 e. The summed E-state index contributed by atoms with van der Waals surface area (Å²) in [6, 6.07) is 11.8. The molecule has 24 heavy (non-hydrogen) atoms. The highest BCUT2D eigenvalue weighted by molar-refractivity contribution is 5.99. The van der Waals surface area contributed by atoms with Crippen LogP contribution < -0.4 is 10.2 Å². The lowest BCUT2D eigenvalue weighted by molar-refractivity contribution is -0.0974. The first-order valence-electron chi connectivity index (χ1n) is 7.89. The number of pyridine rings is 1. The summed E-state index contributed by atoms with van der Waals surface area (Å²) in [7, 11) is 3.08. The first kappa shape index (κ1) is 16.4. The van der Waals surface area contributed by atoms with Gasteiger partial charge in [0.1, 0.15) is 5.82 Å². The van der Waals surface area contributed by atoms with E-state index in [1.165, 1.54) is 19.8 Å². The lowest BCUT2D eigenvalue weighted by Crippen LogP contribution is -2.35. The van der Waals surface area contributed by atoms with E-state index in [1.807, 2.05) is 12.1 Å². The van der Waals surface area contributed by atoms with Gasteiger partial charge in [-0.25, -0.2) is 4.98 Å². The van der Waals surface area contributed by atoms with Crippen molar-refractivity contribution in [3.63, 3.8) is 0 Å². The zero-order valence-electron chi connectivity index (χ0n) is 13.9. The van der Waals surface area contributed by atoms with Crippen molar-refractivity contribution in [1.29, 1.82) is 0 Å². The van der Waals surface area contributed by atoms with Crippen LogP contribution >= 0.6 is 0 Å². The summed E-state index contributed by atoms with van der Waals surface area (Å²) in [6.07, 6.45) is 2.19. The molecule has 6 heteroatoms. The number of nitrogens with one attached hydrogen (secondary N) is 1. The second-order valence-corrected chi connectivity index (χ2v) is 5.52. The van der Waals surface area contributed by atoms with Gasteiger partial charge in [-0.15, -0.1) is 0 Å². The van der Waals surface area contributed by atoms with Gasteiger partial charge in [-0.2, -0.15) is 0 Å². The van der Waals surface area contributed by atoms with Crippen LogP contribution in [0.15, 0.2) is 42.6 Å². The van der Waals surface area contributed by atoms with E-state index in [-0.39, 0.29) is 12.5 Å². The Morgan fingerprint density at radius 3 is 2.83 bits per heavy atom. The normalized spacial score (nSPS) is 13.2. The molecule has 1 aromatic carbocycles. The summed E-state index contributed by atoms with van der Waals surface area (Å²) in [4.78, 5) is 19.1. The molecule has 0 aliphatic carbocycles. The Labute approximate surface area is 141 Å². The Balaban J connectivity index is 1.83. The number of methoxy groups -OCH3 is 2. The molecule has 0 saturated carbocycles. The van der Waals surface area contributed by atoms with Gasteiger partial charge in [0.15, 0.2) is 6.29 Å². The summed E-state index contributed by atoms with van der Waals surface area (Å²) in [5.74, 6) is 0.480. The molecule has 0 spiro atoms. The third-order valence-electron chi connectivity index (χ3n) is 4.13. The van der Waals surface area contributed by atoms with Crippen LogP contribution in [0.25, 0.3) is 0 Å². The maximum absolute atomic E-state index is 12.6. The van der Waals surface area contributed by atoms with Crippen molar-refractivity contribution in [2.45, 2.75) is 12.7 Å². The van der Waals surface area contributed by atoms with E-state index in [4.69, 9.17) is 9.47 Å². The van der Waals surface area contributed by atoms with Crippen LogP contribution in [0.5, 0.6) is 0 Å². The first-order valence-corrected chi connectivity index (χ1v) is 7.89. The number of nitrogens with zero attached hydrogens (tertiary/aromatic N) is 2. The maximum atomic E-state index is 12.6. The number of benzene rings is 1. The summed E-state index contributed by atoms with van der Waals surface area (Å²) in [5.41, 5.74) is 2.92. The molecule has 2 aromatic rings. The van der Waals surface area contributed by atoms with Crippen LogP contribution in [0.4, 0.5) is 11.5 Å². The van der Waals surface area contributed by atoms with E-state index in [0.717, 1.165) is 18.7 Å². The molecule has 0 saturated heterocycles. The molecular formula is C18H21N3O3. The number of hydrogen-bond donors (Lipinski definition) is 1. The quantitative estimate of drug-likeness (QED) is 0.824. The van der Waals surface area contributed by atoms with Crippen LogP contribution in [-0.4, -0.2) is 44.5 Å². The molecule has 1 N–H and O–H groups in total. The van der Waals surface area contributed by atoms with Gasteiger partial charge < -0.3 is 19.7 Å². The zero-order valence-corrected chi connectivity index (χ0v) is 13.9. The van der Waals surface area contributed by atoms with Crippen molar-refractivity contribution < 1.29 is 14.3 Å². The number of hydrogen-bond acceptors (Lipinski definition) is 5. The molecule has 126 valence electrons. The first-order chi connectivity index (χ1) is 11.7. The number of para-hydroxylation sites is 1. The molecule has 0 fully saturated rings. The second-order valence-electron chi connectivity index (χ2n) is 5.52. The molecule has 1 aliphatic rings. The number of aromatic nitrogens is 1. The van der Waals surface area contributed by atoms with Crippen molar-refractivity contribution >= 4 is 17.4 Å². The number of carbonyl (C=O) groups excluding carboxylic acids is 1. The number of amides is 1. The molecule has 0 bridgehead atoms. The molecule has 6 nitrogen and oxygen atoms in total. The second kappa shape index (κ2) is 7.42. The molecule has 3 rings (SSSR count). The van der Waals surface area contributed by atoms with Gasteiger partial charge in [-0.1, -0.05) is 18.2 Å². The average Bonchev–Trinajstić information content (AvgIpc) is 3.06. The van der Waals surface area contributed by atoms with Gasteiger partial charge in [0, 0.05) is 32.6 Å². The Bertz CT molecular complexity index is 716. The van der Waals surface area contributed by atoms with Gasteiger partial charge in [-0.3, -0.25) is 4.79 Å². The van der Waals surface area contributed by atoms with Crippen LogP contribution in [0.1, 0.15) is 15.9 Å². The van der Waals surface area contributed by atoms with E-state index >= 15 is 0 Å².